The van der Waals surface area contributed by atoms with Crippen molar-refractivity contribution in [2.75, 3.05) is 0 Å². The predicted octanol–water partition coefficient (Wildman–Crippen LogP) is 2.47. The molecule has 0 N–H and O–H groups in total. The summed E-state index contributed by atoms with van der Waals surface area (Å²) in [4.78, 5) is 3.11. The van der Waals surface area contributed by atoms with E-state index in [4.69, 9.17) is 0 Å². The van der Waals surface area contributed by atoms with Gasteiger partial charge in [0, 0.05) is 6.20 Å². The van der Waals surface area contributed by atoms with Crippen molar-refractivity contribution in [3.8, 4) is 0 Å². The van der Waals surface area contributed by atoms with Gasteiger partial charge >= 0.3 is 0 Å². The number of halogens is 3. The van der Waals surface area contributed by atoms with Gasteiger partial charge in [-0.25, -0.2) is 13.8 Å². The SMILES string of the molecule is Cc1ccnc(F)c1C(F)F. The highest BCUT2D eigenvalue weighted by Crippen LogP contribution is 2.23. The quantitative estimate of drug-likeness (QED) is 0.576. The van der Waals surface area contributed by atoms with Crippen LogP contribution in [0.1, 0.15) is 17.6 Å². The van der Waals surface area contributed by atoms with Crippen molar-refractivity contribution in [1.82, 2.24) is 4.98 Å². The minimum absolute atomic E-state index is 0.229. The van der Waals surface area contributed by atoms with Crippen LogP contribution in [0.3, 0.4) is 0 Å². The Bertz CT molecular complexity index is 240. The van der Waals surface area contributed by atoms with Crippen LogP contribution in [-0.2, 0) is 0 Å². The van der Waals surface area contributed by atoms with Gasteiger partial charge in [-0.15, -0.1) is 0 Å². The van der Waals surface area contributed by atoms with Crippen LogP contribution in [0, 0.1) is 12.9 Å². The summed E-state index contributed by atoms with van der Waals surface area (Å²) in [5, 5.41) is 0. The van der Waals surface area contributed by atoms with Crippen LogP contribution in [0.25, 0.3) is 0 Å². The molecule has 1 nitrogen and oxygen atoms in total. The number of aromatic nitrogens is 1. The molecule has 0 aliphatic heterocycles. The highest BCUT2D eigenvalue weighted by molar-refractivity contribution is 5.23. The minimum Gasteiger partial charge on any atom is -0.228 e. The standard InChI is InChI=1S/C7H6F3N/c1-4-2-3-11-7(10)5(4)6(8)9/h2-3,6H,1H3. The monoisotopic (exact) mass is 161 g/mol. The zero-order valence-corrected chi connectivity index (χ0v) is 5.81. The molecule has 1 aromatic heterocycles. The summed E-state index contributed by atoms with van der Waals surface area (Å²) in [6.07, 6.45) is -1.63. The number of rotatable bonds is 1. The summed E-state index contributed by atoms with van der Waals surface area (Å²) in [5.41, 5.74) is -0.375. The first-order chi connectivity index (χ1) is 5.13. The summed E-state index contributed by atoms with van der Waals surface area (Å²) < 4.78 is 36.5. The Morgan fingerprint density at radius 1 is 1.45 bits per heavy atom. The number of alkyl halides is 2. The van der Waals surface area contributed by atoms with E-state index in [1.807, 2.05) is 0 Å². The van der Waals surface area contributed by atoms with E-state index in [0.717, 1.165) is 6.20 Å². The van der Waals surface area contributed by atoms with Crippen LogP contribution in [0.2, 0.25) is 0 Å². The molecule has 0 atom stereocenters. The third-order valence-electron chi connectivity index (χ3n) is 1.38. The highest BCUT2D eigenvalue weighted by Gasteiger charge is 2.16. The molecule has 1 aromatic rings. The summed E-state index contributed by atoms with van der Waals surface area (Å²) in [6.45, 7) is 1.42. The molecule has 0 aliphatic carbocycles. The molecule has 0 saturated heterocycles. The lowest BCUT2D eigenvalue weighted by molar-refractivity contribution is 0.144. The van der Waals surface area contributed by atoms with E-state index in [1.165, 1.54) is 13.0 Å². The largest absolute Gasteiger partial charge is 0.268 e. The van der Waals surface area contributed by atoms with Crippen molar-refractivity contribution in [1.29, 1.82) is 0 Å². The highest BCUT2D eigenvalue weighted by atomic mass is 19.3. The zero-order valence-electron chi connectivity index (χ0n) is 5.81. The molecule has 1 heterocycles. The molecule has 0 aromatic carbocycles. The summed E-state index contributed by atoms with van der Waals surface area (Å²) in [7, 11) is 0. The second kappa shape index (κ2) is 2.90. The molecule has 60 valence electrons. The lowest BCUT2D eigenvalue weighted by Crippen LogP contribution is -1.96. The normalized spacial score (nSPS) is 10.6. The Morgan fingerprint density at radius 2 is 2.09 bits per heavy atom. The minimum atomic E-state index is -2.79. The summed E-state index contributed by atoms with van der Waals surface area (Å²) in [6, 6.07) is 1.35. The average Bonchev–Trinajstić information content (AvgIpc) is 1.85. The molecular formula is C7H6F3N. The summed E-state index contributed by atoms with van der Waals surface area (Å²) in [5.74, 6) is -1.08. The number of hydrogen-bond donors (Lipinski definition) is 0. The maximum absolute atomic E-state index is 12.5. The number of aryl methyl sites for hydroxylation is 1. The van der Waals surface area contributed by atoms with Gasteiger partial charge in [-0.1, -0.05) is 0 Å². The van der Waals surface area contributed by atoms with Crippen molar-refractivity contribution in [2.45, 2.75) is 13.3 Å². The molecule has 0 spiro atoms. The van der Waals surface area contributed by atoms with Crippen LogP contribution in [0.4, 0.5) is 13.2 Å². The number of nitrogens with zero attached hydrogens (tertiary/aromatic N) is 1. The van der Waals surface area contributed by atoms with Gasteiger partial charge in [0.2, 0.25) is 5.95 Å². The maximum atomic E-state index is 12.5. The first-order valence-corrected chi connectivity index (χ1v) is 3.02. The van der Waals surface area contributed by atoms with Crippen molar-refractivity contribution in [3.05, 3.63) is 29.3 Å². The van der Waals surface area contributed by atoms with E-state index >= 15 is 0 Å². The topological polar surface area (TPSA) is 12.9 Å². The molecule has 0 radical (unpaired) electrons. The van der Waals surface area contributed by atoms with Gasteiger partial charge in [0.05, 0.1) is 5.56 Å². The molecule has 0 saturated carbocycles. The molecule has 0 aliphatic rings. The Labute approximate surface area is 61.9 Å². The molecule has 0 unspecified atom stereocenters. The fourth-order valence-corrected chi connectivity index (χ4v) is 0.799. The fourth-order valence-electron chi connectivity index (χ4n) is 0.799. The first kappa shape index (κ1) is 8.04. The van der Waals surface area contributed by atoms with E-state index < -0.39 is 17.9 Å². The molecule has 0 fully saturated rings. The molecule has 4 heteroatoms. The van der Waals surface area contributed by atoms with E-state index in [1.54, 1.807) is 0 Å². The predicted molar refractivity (Wildman–Crippen MR) is 33.9 cm³/mol. The second-order valence-corrected chi connectivity index (χ2v) is 2.13. The Kier molecular flexibility index (Phi) is 2.12. The lowest BCUT2D eigenvalue weighted by Gasteiger charge is -2.02. The Morgan fingerprint density at radius 3 is 2.45 bits per heavy atom. The Hall–Kier alpha value is -1.06. The molecule has 11 heavy (non-hydrogen) atoms. The van der Waals surface area contributed by atoms with E-state index in [9.17, 15) is 13.2 Å². The smallest absolute Gasteiger partial charge is 0.228 e. The van der Waals surface area contributed by atoms with Crippen molar-refractivity contribution in [3.63, 3.8) is 0 Å². The van der Waals surface area contributed by atoms with Gasteiger partial charge < -0.3 is 0 Å². The van der Waals surface area contributed by atoms with E-state index in [-0.39, 0.29) is 5.56 Å². The average molecular weight is 161 g/mol. The van der Waals surface area contributed by atoms with Crippen molar-refractivity contribution in [2.24, 2.45) is 0 Å². The van der Waals surface area contributed by atoms with Gasteiger partial charge in [0.25, 0.3) is 6.43 Å². The van der Waals surface area contributed by atoms with Crippen molar-refractivity contribution < 1.29 is 13.2 Å². The van der Waals surface area contributed by atoms with Crippen LogP contribution in [-0.4, -0.2) is 4.98 Å². The van der Waals surface area contributed by atoms with Gasteiger partial charge in [0.15, 0.2) is 0 Å². The van der Waals surface area contributed by atoms with Crippen LogP contribution >= 0.6 is 0 Å². The third kappa shape index (κ3) is 1.50. The third-order valence-corrected chi connectivity index (χ3v) is 1.38. The second-order valence-electron chi connectivity index (χ2n) is 2.13. The molecule has 0 amide bonds. The van der Waals surface area contributed by atoms with Gasteiger partial charge in [-0.2, -0.15) is 4.39 Å². The van der Waals surface area contributed by atoms with E-state index in [0.29, 0.717) is 0 Å². The Balaban J connectivity index is 3.21. The molecule has 0 bridgehead atoms. The molecule has 1 rings (SSSR count). The van der Waals surface area contributed by atoms with Crippen LogP contribution < -0.4 is 0 Å². The summed E-state index contributed by atoms with van der Waals surface area (Å²) >= 11 is 0. The van der Waals surface area contributed by atoms with Gasteiger partial charge in [-0.05, 0) is 18.6 Å². The first-order valence-electron chi connectivity index (χ1n) is 3.02. The van der Waals surface area contributed by atoms with E-state index in [2.05, 4.69) is 4.98 Å². The fraction of sp³-hybridized carbons (Fsp3) is 0.286. The lowest BCUT2D eigenvalue weighted by atomic mass is 10.2. The van der Waals surface area contributed by atoms with Crippen molar-refractivity contribution >= 4 is 0 Å². The molecular weight excluding hydrogens is 155 g/mol. The zero-order chi connectivity index (χ0) is 8.43. The van der Waals surface area contributed by atoms with Gasteiger partial charge in [0.1, 0.15) is 0 Å². The van der Waals surface area contributed by atoms with Crippen LogP contribution in [0.5, 0.6) is 0 Å². The maximum Gasteiger partial charge on any atom is 0.268 e. The van der Waals surface area contributed by atoms with Gasteiger partial charge in [-0.3, -0.25) is 0 Å². The number of hydrogen-bond acceptors (Lipinski definition) is 1. The number of pyridine rings is 1. The van der Waals surface area contributed by atoms with Crippen LogP contribution in [0.15, 0.2) is 12.3 Å².